The van der Waals surface area contributed by atoms with Crippen molar-refractivity contribution in [3.05, 3.63) is 64.9 Å². The van der Waals surface area contributed by atoms with Crippen LogP contribution in [0.5, 0.6) is 0 Å². The van der Waals surface area contributed by atoms with Gasteiger partial charge in [0.1, 0.15) is 5.82 Å². The van der Waals surface area contributed by atoms with Crippen LogP contribution in [0.1, 0.15) is 16.2 Å². The number of nitrogens with two attached hydrogens (primary N) is 1. The summed E-state index contributed by atoms with van der Waals surface area (Å²) in [6.45, 7) is -0.0552. The van der Waals surface area contributed by atoms with Crippen molar-refractivity contribution in [1.29, 1.82) is 0 Å². The van der Waals surface area contributed by atoms with Crippen molar-refractivity contribution in [2.75, 3.05) is 5.73 Å². The number of fused-ring (bicyclic) bond motifs is 1. The first-order chi connectivity index (χ1) is 10.6. The smallest absolute Gasteiger partial charge is 0.338 e. The molecule has 6 heteroatoms. The van der Waals surface area contributed by atoms with Gasteiger partial charge < -0.3 is 10.5 Å². The summed E-state index contributed by atoms with van der Waals surface area (Å²) in [5, 5.41) is 1.24. The molecule has 0 unspecified atom stereocenters. The number of carbonyl (C=O) groups excluding carboxylic acids is 1. The molecule has 2 aromatic carbocycles. The normalized spacial score (nSPS) is 10.6. The fourth-order valence-electron chi connectivity index (χ4n) is 2.04. The molecule has 0 fully saturated rings. The molecule has 0 bridgehead atoms. The van der Waals surface area contributed by atoms with Gasteiger partial charge >= 0.3 is 5.97 Å². The number of benzene rings is 2. The van der Waals surface area contributed by atoms with E-state index in [1.54, 1.807) is 24.3 Å². The number of halogens is 1. The van der Waals surface area contributed by atoms with Gasteiger partial charge in [0.25, 0.3) is 0 Å². The number of rotatable bonds is 3. The van der Waals surface area contributed by atoms with Gasteiger partial charge in [0, 0.05) is 10.4 Å². The van der Waals surface area contributed by atoms with Crippen LogP contribution in [0.15, 0.2) is 48.5 Å². The molecule has 0 spiro atoms. The SMILES string of the molecule is Nc1nc(COC(=O)c2cccc(Cl)c2)nc2ccccc12. The molecule has 1 heterocycles. The van der Waals surface area contributed by atoms with E-state index in [0.717, 1.165) is 5.39 Å². The summed E-state index contributed by atoms with van der Waals surface area (Å²) in [5.41, 5.74) is 6.97. The maximum absolute atomic E-state index is 12.0. The molecule has 0 radical (unpaired) electrons. The highest BCUT2D eigenvalue weighted by Crippen LogP contribution is 2.18. The molecule has 2 N–H and O–H groups in total. The van der Waals surface area contributed by atoms with Crippen LogP contribution in [-0.2, 0) is 11.3 Å². The van der Waals surface area contributed by atoms with Crippen LogP contribution in [0.3, 0.4) is 0 Å². The number of anilines is 1. The maximum Gasteiger partial charge on any atom is 0.338 e. The zero-order valence-electron chi connectivity index (χ0n) is 11.5. The van der Waals surface area contributed by atoms with Gasteiger partial charge in [0.05, 0.1) is 11.1 Å². The van der Waals surface area contributed by atoms with E-state index in [1.807, 2.05) is 24.3 Å². The molecule has 5 nitrogen and oxygen atoms in total. The van der Waals surface area contributed by atoms with Crippen LogP contribution in [0.25, 0.3) is 10.9 Å². The lowest BCUT2D eigenvalue weighted by molar-refractivity contribution is 0.0462. The molecule has 0 aliphatic rings. The molecule has 0 aliphatic heterocycles. The third-order valence-corrected chi connectivity index (χ3v) is 3.31. The van der Waals surface area contributed by atoms with Crippen molar-refractivity contribution in [3.63, 3.8) is 0 Å². The Hall–Kier alpha value is -2.66. The predicted octanol–water partition coefficient (Wildman–Crippen LogP) is 3.22. The summed E-state index contributed by atoms with van der Waals surface area (Å²) in [6.07, 6.45) is 0. The van der Waals surface area contributed by atoms with Gasteiger partial charge in [-0.25, -0.2) is 14.8 Å². The number of para-hydroxylation sites is 1. The Morgan fingerprint density at radius 3 is 2.77 bits per heavy atom. The van der Waals surface area contributed by atoms with Crippen LogP contribution in [0, 0.1) is 0 Å². The summed E-state index contributed by atoms with van der Waals surface area (Å²) in [7, 11) is 0. The Morgan fingerprint density at radius 2 is 1.95 bits per heavy atom. The molecule has 22 heavy (non-hydrogen) atoms. The van der Waals surface area contributed by atoms with Gasteiger partial charge in [-0.3, -0.25) is 0 Å². The van der Waals surface area contributed by atoms with Crippen LogP contribution >= 0.6 is 11.6 Å². The molecule has 3 rings (SSSR count). The van der Waals surface area contributed by atoms with E-state index < -0.39 is 5.97 Å². The topological polar surface area (TPSA) is 78.1 Å². The van der Waals surface area contributed by atoms with Crippen LogP contribution in [0.2, 0.25) is 5.02 Å². The highest BCUT2D eigenvalue weighted by molar-refractivity contribution is 6.30. The minimum absolute atomic E-state index is 0.0552. The Labute approximate surface area is 131 Å². The number of aromatic nitrogens is 2. The molecule has 1 aromatic heterocycles. The highest BCUT2D eigenvalue weighted by Gasteiger charge is 2.10. The molecule has 0 aliphatic carbocycles. The number of esters is 1. The van der Waals surface area contributed by atoms with Crippen molar-refractivity contribution in [3.8, 4) is 0 Å². The summed E-state index contributed by atoms with van der Waals surface area (Å²) in [4.78, 5) is 20.4. The Bertz CT molecular complexity index is 852. The number of nitrogen functional groups attached to an aromatic ring is 1. The van der Waals surface area contributed by atoms with Crippen LogP contribution in [0.4, 0.5) is 5.82 Å². The van der Waals surface area contributed by atoms with Crippen molar-refractivity contribution >= 4 is 34.3 Å². The second-order valence-corrected chi connectivity index (χ2v) is 5.07. The van der Waals surface area contributed by atoms with Gasteiger partial charge in [0.15, 0.2) is 12.4 Å². The molecule has 0 atom stereocenters. The highest BCUT2D eigenvalue weighted by atomic mass is 35.5. The van der Waals surface area contributed by atoms with E-state index >= 15 is 0 Å². The van der Waals surface area contributed by atoms with Gasteiger partial charge in [-0.2, -0.15) is 0 Å². The average Bonchev–Trinajstić information content (AvgIpc) is 2.53. The summed E-state index contributed by atoms with van der Waals surface area (Å²) in [5.74, 6) is 0.226. The van der Waals surface area contributed by atoms with E-state index in [4.69, 9.17) is 22.1 Å². The summed E-state index contributed by atoms with van der Waals surface area (Å²) >= 11 is 5.84. The first-order valence-corrected chi connectivity index (χ1v) is 6.95. The first-order valence-electron chi connectivity index (χ1n) is 6.57. The predicted molar refractivity (Wildman–Crippen MR) is 84.5 cm³/mol. The molecular weight excluding hydrogens is 302 g/mol. The summed E-state index contributed by atoms with van der Waals surface area (Å²) < 4.78 is 5.19. The third kappa shape index (κ3) is 2.99. The van der Waals surface area contributed by atoms with Gasteiger partial charge in [-0.15, -0.1) is 0 Å². The number of nitrogens with zero attached hydrogens (tertiary/aromatic N) is 2. The second kappa shape index (κ2) is 5.99. The molecule has 0 saturated carbocycles. The molecule has 110 valence electrons. The molecule has 0 saturated heterocycles. The van der Waals surface area contributed by atoms with E-state index in [9.17, 15) is 4.79 Å². The minimum atomic E-state index is -0.488. The van der Waals surface area contributed by atoms with Gasteiger partial charge in [0.2, 0.25) is 0 Å². The monoisotopic (exact) mass is 313 g/mol. The lowest BCUT2D eigenvalue weighted by Gasteiger charge is -2.07. The largest absolute Gasteiger partial charge is 0.454 e. The number of hydrogen-bond acceptors (Lipinski definition) is 5. The minimum Gasteiger partial charge on any atom is -0.454 e. The van der Waals surface area contributed by atoms with Crippen molar-refractivity contribution in [1.82, 2.24) is 9.97 Å². The standard InChI is InChI=1S/C16H12ClN3O2/c17-11-5-3-4-10(8-11)16(21)22-9-14-19-13-7-2-1-6-12(13)15(18)20-14/h1-8H,9H2,(H2,18,19,20). The zero-order chi connectivity index (χ0) is 15.5. The molecular formula is C16H12ClN3O2. The lowest BCUT2D eigenvalue weighted by atomic mass is 10.2. The second-order valence-electron chi connectivity index (χ2n) is 4.63. The third-order valence-electron chi connectivity index (χ3n) is 3.07. The number of carbonyl (C=O) groups is 1. The van der Waals surface area contributed by atoms with Crippen molar-refractivity contribution in [2.24, 2.45) is 0 Å². The fourth-order valence-corrected chi connectivity index (χ4v) is 2.23. The molecule has 3 aromatic rings. The summed E-state index contributed by atoms with van der Waals surface area (Å²) in [6, 6.07) is 13.9. The first kappa shape index (κ1) is 14.3. The van der Waals surface area contributed by atoms with Crippen LogP contribution < -0.4 is 5.73 Å². The van der Waals surface area contributed by atoms with E-state index in [2.05, 4.69) is 9.97 Å². The maximum atomic E-state index is 12.0. The van der Waals surface area contributed by atoms with E-state index in [-0.39, 0.29) is 6.61 Å². The van der Waals surface area contributed by atoms with Crippen molar-refractivity contribution in [2.45, 2.75) is 6.61 Å². The number of ether oxygens (including phenoxy) is 1. The Kier molecular flexibility index (Phi) is 3.89. The zero-order valence-corrected chi connectivity index (χ0v) is 12.2. The van der Waals surface area contributed by atoms with Gasteiger partial charge in [-0.05, 0) is 30.3 Å². The fraction of sp³-hybridized carbons (Fsp3) is 0.0625. The van der Waals surface area contributed by atoms with Crippen LogP contribution in [-0.4, -0.2) is 15.9 Å². The average molecular weight is 314 g/mol. The Morgan fingerprint density at radius 1 is 1.14 bits per heavy atom. The lowest BCUT2D eigenvalue weighted by Crippen LogP contribution is -2.08. The van der Waals surface area contributed by atoms with E-state index in [1.165, 1.54) is 0 Å². The van der Waals surface area contributed by atoms with E-state index in [0.29, 0.717) is 27.7 Å². The molecule has 0 amide bonds. The number of hydrogen-bond donors (Lipinski definition) is 1. The van der Waals surface area contributed by atoms with Gasteiger partial charge in [-0.1, -0.05) is 29.8 Å². The van der Waals surface area contributed by atoms with Crippen molar-refractivity contribution < 1.29 is 9.53 Å². The quantitative estimate of drug-likeness (QED) is 0.751. The Balaban J connectivity index is 1.78.